The van der Waals surface area contributed by atoms with E-state index in [2.05, 4.69) is 22.0 Å². The Morgan fingerprint density at radius 3 is 2.92 bits per heavy atom. The van der Waals surface area contributed by atoms with Crippen LogP contribution in [0.1, 0.15) is 0 Å². The lowest BCUT2D eigenvalue weighted by Crippen LogP contribution is -1.90. The van der Waals surface area contributed by atoms with Crippen LogP contribution in [0, 0.1) is 16.2 Å². The summed E-state index contributed by atoms with van der Waals surface area (Å²) >= 11 is 3.16. The fourth-order valence-corrected chi connectivity index (χ4v) is 1.10. The van der Waals surface area contributed by atoms with Gasteiger partial charge in [0.2, 0.25) is 0 Å². The van der Waals surface area contributed by atoms with Gasteiger partial charge in [0.1, 0.15) is 5.75 Å². The van der Waals surface area contributed by atoms with Crippen LogP contribution in [0.5, 0.6) is 5.75 Å². The largest absolute Gasteiger partial charge is 0.495 e. The topological polar surface area (TPSA) is 52.4 Å². The third-order valence-electron chi connectivity index (χ3n) is 1.27. The molecular weight excluding hydrogens is 226 g/mol. The van der Waals surface area contributed by atoms with Crippen molar-refractivity contribution in [3.05, 3.63) is 32.8 Å². The maximum atomic E-state index is 10.3. The molecule has 4 nitrogen and oxygen atoms in total. The van der Waals surface area contributed by atoms with E-state index in [-0.39, 0.29) is 5.69 Å². The van der Waals surface area contributed by atoms with Gasteiger partial charge in [-0.25, -0.2) is 0 Å². The molecule has 1 rings (SSSR count). The Bertz CT molecular complexity index is 314. The Morgan fingerprint density at radius 2 is 2.42 bits per heavy atom. The van der Waals surface area contributed by atoms with Crippen molar-refractivity contribution in [1.82, 2.24) is 0 Å². The zero-order chi connectivity index (χ0) is 9.14. The summed E-state index contributed by atoms with van der Waals surface area (Å²) in [5.41, 5.74) is -0.102. The highest BCUT2D eigenvalue weighted by Crippen LogP contribution is 2.28. The summed E-state index contributed by atoms with van der Waals surface area (Å²) in [5.74, 6) is 0.431. The fraction of sp³-hybridized carbons (Fsp3) is 0.143. The molecule has 0 aliphatic rings. The second kappa shape index (κ2) is 3.53. The van der Waals surface area contributed by atoms with Crippen LogP contribution in [0.25, 0.3) is 0 Å². The Morgan fingerprint density at radius 1 is 1.75 bits per heavy atom. The minimum atomic E-state index is -0.519. The summed E-state index contributed by atoms with van der Waals surface area (Å²) in [4.78, 5) is 9.76. The summed E-state index contributed by atoms with van der Waals surface area (Å²) in [6, 6.07) is 5.25. The first-order valence-corrected chi connectivity index (χ1v) is 3.84. The number of halogens is 1. The van der Waals surface area contributed by atoms with Gasteiger partial charge in [0.15, 0.2) is 0 Å². The molecule has 0 unspecified atom stereocenters. The predicted molar refractivity (Wildman–Crippen MR) is 46.2 cm³/mol. The van der Waals surface area contributed by atoms with Crippen LogP contribution in [0.4, 0.5) is 5.69 Å². The molecule has 12 heavy (non-hydrogen) atoms. The quantitative estimate of drug-likeness (QED) is 0.578. The monoisotopic (exact) mass is 230 g/mol. The maximum Gasteiger partial charge on any atom is 0.281 e. The van der Waals surface area contributed by atoms with Gasteiger partial charge >= 0.3 is 0 Å². The van der Waals surface area contributed by atoms with Crippen LogP contribution in [-0.2, 0) is 0 Å². The van der Waals surface area contributed by atoms with Crippen molar-refractivity contribution in [2.75, 3.05) is 7.11 Å². The highest BCUT2D eigenvalue weighted by atomic mass is 79.9. The van der Waals surface area contributed by atoms with E-state index in [0.29, 0.717) is 10.2 Å². The molecule has 0 saturated heterocycles. The number of ether oxygens (including phenoxy) is 1. The van der Waals surface area contributed by atoms with Crippen LogP contribution >= 0.6 is 15.9 Å². The van der Waals surface area contributed by atoms with Crippen LogP contribution < -0.4 is 4.74 Å². The molecule has 1 radical (unpaired) electrons. The van der Waals surface area contributed by atoms with E-state index < -0.39 is 4.92 Å². The molecule has 63 valence electrons. The minimum absolute atomic E-state index is 0.102. The first kappa shape index (κ1) is 8.99. The lowest BCUT2D eigenvalue weighted by atomic mass is 10.3. The van der Waals surface area contributed by atoms with Gasteiger partial charge in [-0.3, -0.25) is 10.1 Å². The Hall–Kier alpha value is -1.10. The molecule has 1 aromatic carbocycles. The van der Waals surface area contributed by atoms with E-state index in [1.54, 1.807) is 0 Å². The number of rotatable bonds is 2. The molecule has 0 aliphatic heterocycles. The number of hydrogen-bond donors (Lipinski definition) is 0. The Kier molecular flexibility index (Phi) is 2.65. The molecule has 5 heteroatoms. The average Bonchev–Trinajstić information content (AvgIpc) is 2.05. The molecule has 0 heterocycles. The number of nitro groups is 1. The van der Waals surface area contributed by atoms with E-state index >= 15 is 0 Å². The summed E-state index contributed by atoms with van der Waals surface area (Å²) < 4.78 is 5.51. The molecular formula is C7H5BrNO3. The van der Waals surface area contributed by atoms with E-state index in [1.807, 2.05) is 0 Å². The second-order valence-corrected chi connectivity index (χ2v) is 2.85. The first-order valence-electron chi connectivity index (χ1n) is 3.04. The number of non-ortho nitro benzene ring substituents is 1. The van der Waals surface area contributed by atoms with Crippen LogP contribution in [-0.4, -0.2) is 12.0 Å². The van der Waals surface area contributed by atoms with E-state index in [1.165, 1.54) is 19.2 Å². The Labute approximate surface area is 77.4 Å². The van der Waals surface area contributed by atoms with E-state index in [0.717, 1.165) is 0 Å². The van der Waals surface area contributed by atoms with Crippen molar-refractivity contribution < 1.29 is 9.66 Å². The smallest absolute Gasteiger partial charge is 0.281 e. The Balaban J connectivity index is 3.13. The van der Waals surface area contributed by atoms with Crippen molar-refractivity contribution in [1.29, 1.82) is 0 Å². The van der Waals surface area contributed by atoms with Gasteiger partial charge < -0.3 is 4.74 Å². The molecule has 0 aromatic heterocycles. The molecule has 0 bridgehead atoms. The number of hydrogen-bond acceptors (Lipinski definition) is 3. The number of nitrogens with zero attached hydrogens (tertiary/aromatic N) is 1. The maximum absolute atomic E-state index is 10.3. The molecule has 1 aromatic rings. The summed E-state index contributed by atoms with van der Waals surface area (Å²) in [7, 11) is 1.45. The summed E-state index contributed by atoms with van der Waals surface area (Å²) in [6.07, 6.45) is 0. The van der Waals surface area contributed by atoms with Gasteiger partial charge in [0.25, 0.3) is 5.69 Å². The average molecular weight is 231 g/mol. The SMILES string of the molecule is COc1cc([N+](=O)[O-])[c]cc1Br. The highest BCUT2D eigenvalue weighted by Gasteiger charge is 2.09. The van der Waals surface area contributed by atoms with Crippen molar-refractivity contribution in [2.24, 2.45) is 0 Å². The van der Waals surface area contributed by atoms with Crippen LogP contribution in [0.2, 0.25) is 0 Å². The highest BCUT2D eigenvalue weighted by molar-refractivity contribution is 9.10. The third-order valence-corrected chi connectivity index (χ3v) is 1.89. The van der Waals surface area contributed by atoms with Crippen molar-refractivity contribution in [3.8, 4) is 5.75 Å². The van der Waals surface area contributed by atoms with Crippen molar-refractivity contribution in [3.63, 3.8) is 0 Å². The first-order chi connectivity index (χ1) is 5.65. The zero-order valence-corrected chi connectivity index (χ0v) is 7.79. The van der Waals surface area contributed by atoms with Gasteiger partial charge in [0.05, 0.1) is 28.6 Å². The standard InChI is InChI=1S/C7H5BrNO3/c1-12-7-4-5(9(10)11)2-3-6(7)8/h3-4H,1H3. The summed E-state index contributed by atoms with van der Waals surface area (Å²) in [5, 5.41) is 10.3. The molecule has 0 fully saturated rings. The number of benzene rings is 1. The van der Waals surface area contributed by atoms with Gasteiger partial charge in [-0.2, -0.15) is 0 Å². The summed E-state index contributed by atoms with van der Waals surface area (Å²) in [6.45, 7) is 0. The van der Waals surface area contributed by atoms with Gasteiger partial charge in [-0.1, -0.05) is 0 Å². The molecule has 0 N–H and O–H groups in total. The van der Waals surface area contributed by atoms with Crippen molar-refractivity contribution in [2.45, 2.75) is 0 Å². The number of methoxy groups -OCH3 is 1. The molecule has 0 aliphatic carbocycles. The van der Waals surface area contributed by atoms with E-state index in [9.17, 15) is 10.1 Å². The predicted octanol–water partition coefficient (Wildman–Crippen LogP) is 2.17. The fourth-order valence-electron chi connectivity index (χ4n) is 0.705. The third kappa shape index (κ3) is 1.73. The van der Waals surface area contributed by atoms with Crippen LogP contribution in [0.15, 0.2) is 16.6 Å². The van der Waals surface area contributed by atoms with Gasteiger partial charge in [0, 0.05) is 0 Å². The minimum Gasteiger partial charge on any atom is -0.495 e. The van der Waals surface area contributed by atoms with Crippen LogP contribution in [0.3, 0.4) is 0 Å². The lowest BCUT2D eigenvalue weighted by Gasteiger charge is -2.00. The molecule has 0 atom stereocenters. The zero-order valence-electron chi connectivity index (χ0n) is 6.20. The van der Waals surface area contributed by atoms with Gasteiger partial charge in [-0.15, -0.1) is 0 Å². The second-order valence-electron chi connectivity index (χ2n) is 1.99. The molecule has 0 saturated carbocycles. The molecule has 0 amide bonds. The van der Waals surface area contributed by atoms with E-state index in [4.69, 9.17) is 4.74 Å². The van der Waals surface area contributed by atoms with Gasteiger partial charge in [-0.05, 0) is 22.0 Å². The molecule has 0 spiro atoms. The normalized spacial score (nSPS) is 9.50. The number of nitro benzene ring substituents is 1. The van der Waals surface area contributed by atoms with Crippen molar-refractivity contribution >= 4 is 21.6 Å². The lowest BCUT2D eigenvalue weighted by molar-refractivity contribution is -0.385.